The van der Waals surface area contributed by atoms with Gasteiger partial charge in [-0.05, 0) is 66.4 Å². The summed E-state index contributed by atoms with van der Waals surface area (Å²) in [7, 11) is 3.01. The lowest BCUT2D eigenvalue weighted by Crippen LogP contribution is -2.54. The Morgan fingerprint density at radius 2 is 1.68 bits per heavy atom. The Morgan fingerprint density at radius 1 is 0.932 bits per heavy atom. The summed E-state index contributed by atoms with van der Waals surface area (Å²) in [5, 5.41) is 15.9. The molecular formula is C50H53N7O17. The van der Waals surface area contributed by atoms with Crippen molar-refractivity contribution < 1.29 is 76.2 Å². The third-order valence-corrected chi connectivity index (χ3v) is 13.0. The predicted molar refractivity (Wildman–Crippen MR) is 256 cm³/mol. The van der Waals surface area contributed by atoms with Crippen molar-refractivity contribution >= 4 is 57.9 Å². The summed E-state index contributed by atoms with van der Waals surface area (Å²) in [6.45, 7) is 6.42. The Bertz CT molecular complexity index is 3200. The molecule has 2 aromatic carbocycles. The molecule has 390 valence electrons. The van der Waals surface area contributed by atoms with E-state index in [1.165, 1.54) is 44.7 Å². The van der Waals surface area contributed by atoms with E-state index in [1.54, 1.807) is 54.0 Å². The van der Waals surface area contributed by atoms with E-state index in [1.807, 2.05) is 6.92 Å². The number of hydrogen-bond donors (Lipinski definition) is 1. The maximum Gasteiger partial charge on any atom is 0.415 e. The van der Waals surface area contributed by atoms with Crippen molar-refractivity contribution in [1.29, 1.82) is 0 Å². The number of amides is 2. The molecule has 0 radical (unpaired) electrons. The van der Waals surface area contributed by atoms with Crippen molar-refractivity contribution in [2.75, 3.05) is 33.8 Å². The fourth-order valence-corrected chi connectivity index (χ4v) is 9.23. The van der Waals surface area contributed by atoms with Crippen LogP contribution in [0.25, 0.3) is 43.7 Å². The van der Waals surface area contributed by atoms with Crippen molar-refractivity contribution in [2.45, 2.75) is 110 Å². The summed E-state index contributed by atoms with van der Waals surface area (Å²) < 4.78 is 52.6. The molecule has 0 unspecified atom stereocenters. The SMILES string of the molecule is CCc1c2c(nc3ccc(OC(=O)N(C)CCN(C)C(=O)OCc4ccc(O[C@H]5C[C@@H](OC(C)=O)[C@@H](OC(C)=O)[C@@H](COC(C)=O)O5)c5cc(CN=[N+]=[N-])oc45)cc13)-c1cc3c(c(=O)n1C2)COC(=O)[C@@]3(O)CC. The number of fused-ring (bicyclic) bond motifs is 6. The minimum Gasteiger partial charge on any atom is -0.464 e. The van der Waals surface area contributed by atoms with Crippen molar-refractivity contribution in [1.82, 2.24) is 19.4 Å². The van der Waals surface area contributed by atoms with E-state index in [9.17, 15) is 38.7 Å². The predicted octanol–water partition coefficient (Wildman–Crippen LogP) is 5.82. The maximum absolute atomic E-state index is 13.8. The van der Waals surface area contributed by atoms with E-state index in [0.29, 0.717) is 39.7 Å². The van der Waals surface area contributed by atoms with Gasteiger partial charge in [0.15, 0.2) is 11.7 Å². The van der Waals surface area contributed by atoms with Crippen LogP contribution >= 0.6 is 0 Å². The molecule has 1 N–H and O–H groups in total. The highest BCUT2D eigenvalue weighted by Gasteiger charge is 2.47. The van der Waals surface area contributed by atoms with Crippen LogP contribution in [0.3, 0.4) is 0 Å². The van der Waals surface area contributed by atoms with E-state index in [4.69, 9.17) is 52.8 Å². The molecule has 2 amide bonds. The molecule has 24 heteroatoms. The summed E-state index contributed by atoms with van der Waals surface area (Å²) in [6, 6.07) is 11.4. The average molecular weight is 1020 g/mol. The first-order valence-electron chi connectivity index (χ1n) is 23.6. The van der Waals surface area contributed by atoms with Gasteiger partial charge in [0.25, 0.3) is 5.56 Å². The number of carbonyl (C=O) groups is 6. The Labute approximate surface area is 421 Å². The van der Waals surface area contributed by atoms with Gasteiger partial charge in [0, 0.05) is 74.9 Å². The van der Waals surface area contributed by atoms with Crippen LogP contribution in [-0.2, 0) is 85.9 Å². The van der Waals surface area contributed by atoms with Gasteiger partial charge in [-0.3, -0.25) is 19.2 Å². The smallest absolute Gasteiger partial charge is 0.415 e. The summed E-state index contributed by atoms with van der Waals surface area (Å²) >= 11 is 0. The number of rotatable bonds is 16. The lowest BCUT2D eigenvalue weighted by atomic mass is 9.86. The quantitative estimate of drug-likeness (QED) is 0.0393. The van der Waals surface area contributed by atoms with Crippen LogP contribution in [0, 0.1) is 0 Å². The molecular weight excluding hydrogens is 971 g/mol. The number of carbonyl (C=O) groups excluding carboxylic acids is 6. The zero-order chi connectivity index (χ0) is 53.2. The average Bonchev–Trinajstić information content (AvgIpc) is 3.97. The normalized spacial score (nSPS) is 19.5. The molecule has 1 saturated heterocycles. The monoisotopic (exact) mass is 1020 g/mol. The van der Waals surface area contributed by atoms with Gasteiger partial charge in [0.1, 0.15) is 54.9 Å². The highest BCUT2D eigenvalue weighted by molar-refractivity contribution is 5.91. The van der Waals surface area contributed by atoms with Crippen molar-refractivity contribution in [3.8, 4) is 22.9 Å². The molecule has 0 bridgehead atoms. The summed E-state index contributed by atoms with van der Waals surface area (Å²) in [6.07, 6.45) is -5.35. The number of esters is 4. The largest absolute Gasteiger partial charge is 0.464 e. The molecule has 0 saturated carbocycles. The lowest BCUT2D eigenvalue weighted by molar-refractivity contribution is -0.245. The van der Waals surface area contributed by atoms with E-state index in [2.05, 4.69) is 10.0 Å². The van der Waals surface area contributed by atoms with Crippen LogP contribution in [0.15, 0.2) is 56.8 Å². The fraction of sp³-hybridized carbons (Fsp3) is 0.440. The van der Waals surface area contributed by atoms with Crippen LogP contribution in [0.2, 0.25) is 0 Å². The standard InChI is InChI=1S/C50H53N7O17/c1-8-31-32-16-29(11-12-37(32)53-43-34(31)21-57-38(43)18-36-35(46(57)61)23-67-47(62)50(36,65)9-2)72-49(64)56(7)15-14-55(6)48(63)68-22-28-10-13-39(33-17-30(20-52-54-51)71-44(28)33)73-42-19-40(69-26(4)59)45(70-27(5)60)41(74-42)24-66-25(3)58/h10-13,16-18,40-42,45,65H,8-9,14-15,19-24H2,1-7H3/t40-,41-,42-,45-,50-/m1/s1. The molecule has 6 heterocycles. The minimum absolute atomic E-state index is 0.0207. The second kappa shape index (κ2) is 21.5. The van der Waals surface area contributed by atoms with E-state index in [-0.39, 0.29) is 98.4 Å². The number of nitrogens with zero attached hydrogens (tertiary/aromatic N) is 7. The Hall–Kier alpha value is -8.21. The first kappa shape index (κ1) is 52.1. The van der Waals surface area contributed by atoms with E-state index in [0.717, 1.165) is 11.1 Å². The number of azide groups is 1. The van der Waals surface area contributed by atoms with Gasteiger partial charge in [-0.1, -0.05) is 19.0 Å². The van der Waals surface area contributed by atoms with Gasteiger partial charge in [-0.15, -0.1) is 0 Å². The van der Waals surface area contributed by atoms with Gasteiger partial charge >= 0.3 is 36.1 Å². The highest BCUT2D eigenvalue weighted by Crippen LogP contribution is 2.41. The number of pyridine rings is 2. The second-order valence-corrected chi connectivity index (χ2v) is 17.9. The molecule has 3 aromatic heterocycles. The molecule has 0 aliphatic carbocycles. The topological polar surface area (TPSA) is 300 Å². The number of aliphatic hydroxyl groups is 1. The van der Waals surface area contributed by atoms with Crippen LogP contribution < -0.4 is 15.0 Å². The number of likely N-dealkylation sites (N-methyl/N-ethyl adjacent to an activating group) is 2. The second-order valence-electron chi connectivity index (χ2n) is 17.9. The Balaban J connectivity index is 0.912. The van der Waals surface area contributed by atoms with Gasteiger partial charge in [0.2, 0.25) is 6.29 Å². The molecule has 8 rings (SSSR count). The molecule has 24 nitrogen and oxygen atoms in total. The number of aromatic nitrogens is 2. The number of benzene rings is 2. The Kier molecular flexibility index (Phi) is 15.1. The number of cyclic esters (lactones) is 1. The van der Waals surface area contributed by atoms with Crippen molar-refractivity contribution in [3.05, 3.63) is 96.8 Å². The molecule has 5 aromatic rings. The van der Waals surface area contributed by atoms with Gasteiger partial charge in [-0.2, -0.15) is 0 Å². The van der Waals surface area contributed by atoms with Crippen LogP contribution in [0.4, 0.5) is 9.59 Å². The number of ether oxygens (including phenoxy) is 8. The maximum atomic E-state index is 13.8. The third-order valence-electron chi connectivity index (χ3n) is 13.0. The van der Waals surface area contributed by atoms with E-state index < -0.39 is 66.3 Å². The van der Waals surface area contributed by atoms with Gasteiger partial charge in [-0.25, -0.2) is 19.4 Å². The molecule has 5 atom stereocenters. The number of furan rings is 1. The van der Waals surface area contributed by atoms with Crippen LogP contribution in [0.5, 0.6) is 11.5 Å². The fourth-order valence-electron chi connectivity index (χ4n) is 9.23. The molecule has 74 heavy (non-hydrogen) atoms. The summed E-state index contributed by atoms with van der Waals surface area (Å²) in [5.41, 5.74) is 11.0. The van der Waals surface area contributed by atoms with Crippen molar-refractivity contribution in [2.24, 2.45) is 5.11 Å². The number of aryl methyl sites for hydroxylation is 1. The van der Waals surface area contributed by atoms with Crippen molar-refractivity contribution in [3.63, 3.8) is 0 Å². The zero-order valence-corrected chi connectivity index (χ0v) is 41.5. The lowest BCUT2D eigenvalue weighted by Gasteiger charge is -2.39. The summed E-state index contributed by atoms with van der Waals surface area (Å²) in [4.78, 5) is 99.1. The molecule has 0 spiro atoms. The molecule has 3 aliphatic rings. The first-order valence-corrected chi connectivity index (χ1v) is 23.6. The Morgan fingerprint density at radius 3 is 2.36 bits per heavy atom. The molecule has 3 aliphatic heterocycles. The first-order chi connectivity index (χ1) is 35.3. The third kappa shape index (κ3) is 10.5. The van der Waals surface area contributed by atoms with Crippen LogP contribution in [-0.4, -0.2) is 119 Å². The van der Waals surface area contributed by atoms with E-state index >= 15 is 0 Å². The zero-order valence-electron chi connectivity index (χ0n) is 41.5. The van der Waals surface area contributed by atoms with Gasteiger partial charge < -0.3 is 61.8 Å². The van der Waals surface area contributed by atoms with Crippen LogP contribution in [0.1, 0.15) is 81.0 Å². The highest BCUT2D eigenvalue weighted by atomic mass is 16.7. The minimum atomic E-state index is -1.96. The summed E-state index contributed by atoms with van der Waals surface area (Å²) in [5.74, 6) is -2.08. The van der Waals surface area contributed by atoms with Gasteiger partial charge in [0.05, 0.1) is 47.4 Å². The number of hydrogen-bond acceptors (Lipinski definition) is 19. The molecule has 1 fully saturated rings.